The second-order valence-corrected chi connectivity index (χ2v) is 14.1. The fraction of sp³-hybridized carbons (Fsp3) is 0.459. The summed E-state index contributed by atoms with van der Waals surface area (Å²) in [5.41, 5.74) is 4.97. The maximum absolute atomic E-state index is 12.9. The Morgan fingerprint density at radius 2 is 1.86 bits per heavy atom. The highest BCUT2D eigenvalue weighted by Gasteiger charge is 2.39. The molecule has 4 heterocycles. The fourth-order valence-electron chi connectivity index (χ4n) is 6.31. The van der Waals surface area contributed by atoms with Crippen LogP contribution in [-0.2, 0) is 39.9 Å². The summed E-state index contributed by atoms with van der Waals surface area (Å²) in [4.78, 5) is 83.1. The third kappa shape index (κ3) is 8.79. The summed E-state index contributed by atoms with van der Waals surface area (Å²) in [6, 6.07) is 5.27. The first-order chi connectivity index (χ1) is 24.4. The normalized spacial score (nSPS) is 19.6. The highest BCUT2D eigenvalue weighted by molar-refractivity contribution is 8.04. The van der Waals surface area contributed by atoms with Crippen LogP contribution in [0.3, 0.4) is 0 Å². The Labute approximate surface area is 301 Å². The number of rotatable bonds is 13. The van der Waals surface area contributed by atoms with Crippen molar-refractivity contribution in [1.29, 1.82) is 0 Å². The van der Waals surface area contributed by atoms with Crippen molar-refractivity contribution < 1.29 is 38.2 Å². The van der Waals surface area contributed by atoms with Gasteiger partial charge in [-0.05, 0) is 82.5 Å². The van der Waals surface area contributed by atoms with Crippen molar-refractivity contribution in [3.8, 4) is 0 Å². The molecule has 0 saturated carbocycles. The summed E-state index contributed by atoms with van der Waals surface area (Å²) in [5.74, 6) is -2.30. The van der Waals surface area contributed by atoms with E-state index in [9.17, 15) is 28.8 Å². The number of likely N-dealkylation sites (N-methyl/N-ethyl adjacent to an activating group) is 1. The first-order valence-electron chi connectivity index (χ1n) is 17.3. The minimum Gasteiger partial charge on any atom is -0.462 e. The number of hydrogen-bond acceptors (Lipinski definition) is 10. The predicted octanol–water partition coefficient (Wildman–Crippen LogP) is 4.10. The molecule has 3 aliphatic heterocycles. The van der Waals surface area contributed by atoms with Gasteiger partial charge in [0.15, 0.2) is 6.10 Å². The van der Waals surface area contributed by atoms with Gasteiger partial charge >= 0.3 is 11.9 Å². The number of H-pyrrole nitrogens is 1. The molecule has 0 aliphatic carbocycles. The molecule has 1 aromatic carbocycles. The van der Waals surface area contributed by atoms with Crippen LogP contribution in [0.4, 0.5) is 5.69 Å². The maximum atomic E-state index is 12.9. The first-order valence-corrected chi connectivity index (χ1v) is 18.2. The zero-order valence-corrected chi connectivity index (χ0v) is 30.5. The van der Waals surface area contributed by atoms with E-state index in [4.69, 9.17) is 9.47 Å². The lowest BCUT2D eigenvalue weighted by molar-refractivity contribution is -0.164. The molecule has 0 radical (unpaired) electrons. The number of carbonyl (C=O) groups excluding carboxylic acids is 6. The number of ether oxygens (including phenoxy) is 2. The number of likely N-dealkylation sites (tertiary alicyclic amines) is 1. The van der Waals surface area contributed by atoms with Crippen molar-refractivity contribution in [1.82, 2.24) is 20.1 Å². The van der Waals surface area contributed by atoms with Gasteiger partial charge in [-0.3, -0.25) is 24.1 Å². The Morgan fingerprint density at radius 1 is 1.12 bits per heavy atom. The van der Waals surface area contributed by atoms with Gasteiger partial charge < -0.3 is 30.0 Å². The van der Waals surface area contributed by atoms with Gasteiger partial charge in [0.05, 0.1) is 28.8 Å². The highest BCUT2D eigenvalue weighted by atomic mass is 32.2. The summed E-state index contributed by atoms with van der Waals surface area (Å²) in [6.45, 7) is 9.05. The molecule has 2 unspecified atom stereocenters. The van der Waals surface area contributed by atoms with E-state index in [2.05, 4.69) is 20.5 Å². The van der Waals surface area contributed by atoms with E-state index < -0.39 is 18.0 Å². The molecule has 0 spiro atoms. The van der Waals surface area contributed by atoms with E-state index in [1.54, 1.807) is 31.3 Å². The molecule has 51 heavy (non-hydrogen) atoms. The highest BCUT2D eigenvalue weighted by Crippen LogP contribution is 2.37. The topological polar surface area (TPSA) is 167 Å². The molecule has 13 nitrogen and oxygen atoms in total. The van der Waals surface area contributed by atoms with E-state index in [-0.39, 0.29) is 48.3 Å². The van der Waals surface area contributed by atoms with Crippen LogP contribution in [0, 0.1) is 13.8 Å². The van der Waals surface area contributed by atoms with Gasteiger partial charge in [0, 0.05) is 49.1 Å². The molecule has 3 amide bonds. The van der Waals surface area contributed by atoms with Crippen LogP contribution in [0.15, 0.2) is 29.3 Å². The lowest BCUT2D eigenvalue weighted by Crippen LogP contribution is -2.42. The molecule has 272 valence electrons. The zero-order valence-electron chi connectivity index (χ0n) is 29.7. The molecule has 2 fully saturated rings. The Balaban J connectivity index is 1.12. The second kappa shape index (κ2) is 16.6. The molecular weight excluding hydrogens is 675 g/mol. The van der Waals surface area contributed by atoms with Crippen molar-refractivity contribution in [2.45, 2.75) is 77.7 Å². The summed E-state index contributed by atoms with van der Waals surface area (Å²) in [6.07, 6.45) is 5.73. The lowest BCUT2D eigenvalue weighted by atomic mass is 9.99. The molecule has 3 N–H and O–H groups in total. The number of nitrogens with zero attached hydrogens (tertiary/aromatic N) is 2. The van der Waals surface area contributed by atoms with Gasteiger partial charge in [-0.1, -0.05) is 31.2 Å². The number of thioether (sulfide) groups is 1. The fourth-order valence-corrected chi connectivity index (χ4v) is 7.57. The van der Waals surface area contributed by atoms with Gasteiger partial charge in [-0.15, -0.1) is 0 Å². The SMILES string of the molecule is CCCNC(=O)c1c(C)[nH]c(/C=C2\C(=O)Nc3ccc(CC(=O)CCOC(=O)C(C)OC(=O)/C=C4\SC(N5CCCCC5)C(=O)N4C)cc32)c1C. The van der Waals surface area contributed by atoms with Gasteiger partial charge in [0.25, 0.3) is 17.7 Å². The number of carbonyl (C=O) groups is 6. The van der Waals surface area contributed by atoms with Crippen molar-refractivity contribution in [2.75, 3.05) is 38.6 Å². The number of fused-ring (bicyclic) bond motifs is 1. The van der Waals surface area contributed by atoms with Crippen LogP contribution in [0.5, 0.6) is 0 Å². The number of hydrogen-bond donors (Lipinski definition) is 3. The number of ketones is 1. The summed E-state index contributed by atoms with van der Waals surface area (Å²) in [7, 11) is 1.61. The van der Waals surface area contributed by atoms with Gasteiger partial charge in [-0.2, -0.15) is 0 Å². The standard InChI is InChI=1S/C37H45N5O8S/c1-6-13-38-34(46)32-21(2)29(39-22(32)3)19-27-26-18-24(10-11-28(26)40-33(27)45)17-25(43)12-16-49-37(48)23(4)50-31(44)20-30-41(5)35(47)36(51-30)42-14-8-7-9-15-42/h10-11,18-20,23,36,39H,6-9,12-17H2,1-5H3,(H,38,46)(H,40,45)/b27-19-,30-20-. The van der Waals surface area contributed by atoms with Crippen LogP contribution in [0.25, 0.3) is 11.6 Å². The number of aromatic nitrogens is 1. The van der Waals surface area contributed by atoms with E-state index in [1.807, 2.05) is 20.8 Å². The van der Waals surface area contributed by atoms with Gasteiger partial charge in [0.2, 0.25) is 0 Å². The molecule has 1 aromatic heterocycles. The lowest BCUT2D eigenvalue weighted by Gasteiger charge is -2.29. The van der Waals surface area contributed by atoms with Crippen LogP contribution >= 0.6 is 11.8 Å². The number of Topliss-reactive ketones (excluding diaryl/α,β-unsaturated/α-hetero) is 1. The monoisotopic (exact) mass is 719 g/mol. The molecule has 0 bridgehead atoms. The number of aromatic amines is 1. The number of amides is 3. The van der Waals surface area contributed by atoms with E-state index in [0.29, 0.717) is 50.9 Å². The third-order valence-electron chi connectivity index (χ3n) is 9.11. The van der Waals surface area contributed by atoms with Crippen molar-refractivity contribution in [3.05, 3.63) is 62.9 Å². The van der Waals surface area contributed by atoms with Crippen molar-refractivity contribution in [3.63, 3.8) is 0 Å². The van der Waals surface area contributed by atoms with Gasteiger partial charge in [-0.25, -0.2) is 9.59 Å². The van der Waals surface area contributed by atoms with Crippen LogP contribution in [0.2, 0.25) is 0 Å². The number of esters is 2. The quantitative estimate of drug-likeness (QED) is 0.203. The number of anilines is 1. The molecule has 2 aromatic rings. The zero-order chi connectivity index (χ0) is 36.8. The van der Waals surface area contributed by atoms with Gasteiger partial charge in [0.1, 0.15) is 11.2 Å². The average Bonchev–Trinajstić information content (AvgIpc) is 3.68. The molecule has 5 rings (SSSR count). The smallest absolute Gasteiger partial charge is 0.347 e. The summed E-state index contributed by atoms with van der Waals surface area (Å²) < 4.78 is 10.5. The number of nitrogens with one attached hydrogen (secondary N) is 3. The largest absolute Gasteiger partial charge is 0.462 e. The first kappa shape index (κ1) is 37.6. The number of piperidine rings is 1. The Hall–Kier alpha value is -4.69. The molecule has 2 saturated heterocycles. The average molecular weight is 720 g/mol. The summed E-state index contributed by atoms with van der Waals surface area (Å²) >= 11 is 1.30. The van der Waals surface area contributed by atoms with E-state index >= 15 is 0 Å². The summed E-state index contributed by atoms with van der Waals surface area (Å²) in [5, 5.41) is 5.82. The number of aryl methyl sites for hydroxylation is 1. The molecule has 14 heteroatoms. The van der Waals surface area contributed by atoms with Crippen molar-refractivity contribution in [2.24, 2.45) is 0 Å². The number of benzene rings is 1. The Morgan fingerprint density at radius 3 is 2.59 bits per heavy atom. The third-order valence-corrected chi connectivity index (χ3v) is 10.5. The molecule has 2 atom stereocenters. The van der Waals surface area contributed by atoms with Crippen LogP contribution < -0.4 is 10.6 Å². The minimum atomic E-state index is -1.21. The van der Waals surface area contributed by atoms with Crippen molar-refractivity contribution >= 4 is 64.5 Å². The predicted molar refractivity (Wildman–Crippen MR) is 193 cm³/mol. The van der Waals surface area contributed by atoms with E-state index in [1.165, 1.54) is 29.7 Å². The maximum Gasteiger partial charge on any atom is 0.347 e. The molecule has 3 aliphatic rings. The Bertz CT molecular complexity index is 1790. The van der Waals surface area contributed by atoms with Crippen LogP contribution in [-0.4, -0.2) is 95.0 Å². The minimum absolute atomic E-state index is 0.0507. The Kier molecular flexibility index (Phi) is 12.2. The molecular formula is C37H45N5O8S. The second-order valence-electron chi connectivity index (χ2n) is 13.0. The van der Waals surface area contributed by atoms with Crippen LogP contribution in [0.1, 0.15) is 84.4 Å². The van der Waals surface area contributed by atoms with E-state index in [0.717, 1.165) is 44.3 Å².